The van der Waals surface area contributed by atoms with Crippen molar-refractivity contribution in [2.45, 2.75) is 25.8 Å². The summed E-state index contributed by atoms with van der Waals surface area (Å²) in [5, 5.41) is 3.06. The molecule has 0 aliphatic carbocycles. The van der Waals surface area contributed by atoms with Gasteiger partial charge in [-0.05, 0) is 47.8 Å². The molecule has 0 aromatic heterocycles. The SMILES string of the molecule is CC(NC(=O)c1cccc(Br)c1Cl)C(=O)N1CCCC1. The Hall–Kier alpha value is -1.07. The number of halogens is 2. The number of rotatable bonds is 3. The van der Waals surface area contributed by atoms with Crippen LogP contribution in [0, 0.1) is 0 Å². The van der Waals surface area contributed by atoms with Crippen LogP contribution in [0.25, 0.3) is 0 Å². The van der Waals surface area contributed by atoms with E-state index in [0.717, 1.165) is 25.9 Å². The smallest absolute Gasteiger partial charge is 0.253 e. The van der Waals surface area contributed by atoms with Crippen LogP contribution in [0.2, 0.25) is 5.02 Å². The van der Waals surface area contributed by atoms with Crippen LogP contribution in [0.3, 0.4) is 0 Å². The lowest BCUT2D eigenvalue weighted by Gasteiger charge is -2.21. The third-order valence-electron chi connectivity index (χ3n) is 3.33. The van der Waals surface area contributed by atoms with Crippen LogP contribution in [0.5, 0.6) is 0 Å². The largest absolute Gasteiger partial charge is 0.341 e. The molecule has 0 spiro atoms. The first-order chi connectivity index (χ1) is 9.50. The number of carbonyl (C=O) groups is 2. The molecular weight excluding hydrogens is 344 g/mol. The summed E-state index contributed by atoms with van der Waals surface area (Å²) in [6.07, 6.45) is 2.06. The van der Waals surface area contributed by atoms with Gasteiger partial charge in [-0.1, -0.05) is 17.7 Å². The first kappa shape index (κ1) is 15.3. The molecule has 1 atom stereocenters. The number of nitrogens with one attached hydrogen (secondary N) is 1. The highest BCUT2D eigenvalue weighted by atomic mass is 79.9. The Morgan fingerprint density at radius 2 is 2.00 bits per heavy atom. The minimum Gasteiger partial charge on any atom is -0.341 e. The van der Waals surface area contributed by atoms with Crippen LogP contribution < -0.4 is 5.32 Å². The maximum atomic E-state index is 12.2. The van der Waals surface area contributed by atoms with Gasteiger partial charge < -0.3 is 10.2 Å². The quantitative estimate of drug-likeness (QED) is 0.902. The van der Waals surface area contributed by atoms with Crippen molar-refractivity contribution in [3.05, 3.63) is 33.3 Å². The zero-order valence-corrected chi connectivity index (χ0v) is 13.5. The van der Waals surface area contributed by atoms with Crippen molar-refractivity contribution >= 4 is 39.3 Å². The minimum atomic E-state index is -0.546. The van der Waals surface area contributed by atoms with Crippen molar-refractivity contribution in [2.24, 2.45) is 0 Å². The maximum Gasteiger partial charge on any atom is 0.253 e. The summed E-state index contributed by atoms with van der Waals surface area (Å²) in [6.45, 7) is 3.25. The summed E-state index contributed by atoms with van der Waals surface area (Å²) in [5.74, 6) is -0.377. The van der Waals surface area contributed by atoms with E-state index in [1.54, 1.807) is 30.0 Å². The molecule has 20 heavy (non-hydrogen) atoms. The zero-order chi connectivity index (χ0) is 14.7. The Balaban J connectivity index is 2.03. The third kappa shape index (κ3) is 3.33. The Morgan fingerprint density at radius 1 is 1.35 bits per heavy atom. The predicted molar refractivity (Wildman–Crippen MR) is 81.9 cm³/mol. The first-order valence-corrected chi connectivity index (χ1v) is 7.71. The lowest BCUT2D eigenvalue weighted by molar-refractivity contribution is -0.131. The third-order valence-corrected chi connectivity index (χ3v) is 4.63. The molecule has 2 rings (SSSR count). The van der Waals surface area contributed by atoms with Crippen molar-refractivity contribution in [3.63, 3.8) is 0 Å². The summed E-state index contributed by atoms with van der Waals surface area (Å²) in [7, 11) is 0. The molecule has 1 aliphatic rings. The van der Waals surface area contributed by atoms with Gasteiger partial charge in [0.05, 0.1) is 10.6 Å². The summed E-state index contributed by atoms with van der Waals surface area (Å²) in [6, 6.07) is 4.58. The molecule has 0 saturated carbocycles. The maximum absolute atomic E-state index is 12.2. The molecule has 1 N–H and O–H groups in total. The summed E-state index contributed by atoms with van der Waals surface area (Å²) >= 11 is 9.35. The van der Waals surface area contributed by atoms with E-state index in [2.05, 4.69) is 21.2 Å². The number of carbonyl (C=O) groups excluding carboxylic acids is 2. The second kappa shape index (κ2) is 6.59. The highest BCUT2D eigenvalue weighted by Gasteiger charge is 2.25. The highest BCUT2D eigenvalue weighted by Crippen LogP contribution is 2.26. The first-order valence-electron chi connectivity index (χ1n) is 6.54. The van der Waals surface area contributed by atoms with Gasteiger partial charge in [0.15, 0.2) is 0 Å². The zero-order valence-electron chi connectivity index (χ0n) is 11.2. The predicted octanol–water partition coefficient (Wildman–Crippen LogP) is 2.84. The molecule has 6 heteroatoms. The molecule has 0 bridgehead atoms. The molecule has 1 aromatic carbocycles. The van der Waals surface area contributed by atoms with Crippen LogP contribution in [0.1, 0.15) is 30.1 Å². The molecule has 1 heterocycles. The normalized spacial score (nSPS) is 16.1. The van der Waals surface area contributed by atoms with E-state index in [1.165, 1.54) is 0 Å². The monoisotopic (exact) mass is 358 g/mol. The standard InChI is InChI=1S/C14H16BrClN2O2/c1-9(14(20)18-7-2-3-8-18)17-13(19)10-5-4-6-11(15)12(10)16/h4-6,9H,2-3,7-8H2,1H3,(H,17,19). The van der Waals surface area contributed by atoms with E-state index in [0.29, 0.717) is 15.1 Å². The molecule has 4 nitrogen and oxygen atoms in total. The van der Waals surface area contributed by atoms with Gasteiger partial charge in [0.1, 0.15) is 6.04 Å². The molecular formula is C14H16BrClN2O2. The van der Waals surface area contributed by atoms with Gasteiger partial charge >= 0.3 is 0 Å². The van der Waals surface area contributed by atoms with E-state index >= 15 is 0 Å². The second-order valence-electron chi connectivity index (χ2n) is 4.83. The number of benzene rings is 1. The average molecular weight is 360 g/mol. The van der Waals surface area contributed by atoms with Crippen LogP contribution in [-0.2, 0) is 4.79 Å². The van der Waals surface area contributed by atoms with Crippen molar-refractivity contribution in [2.75, 3.05) is 13.1 Å². The Morgan fingerprint density at radius 3 is 2.65 bits per heavy atom. The Bertz CT molecular complexity index is 530. The number of hydrogen-bond acceptors (Lipinski definition) is 2. The molecule has 1 saturated heterocycles. The summed E-state index contributed by atoms with van der Waals surface area (Å²) < 4.78 is 0.658. The van der Waals surface area contributed by atoms with E-state index in [4.69, 9.17) is 11.6 Å². The number of hydrogen-bond donors (Lipinski definition) is 1. The fourth-order valence-electron chi connectivity index (χ4n) is 2.23. The van der Waals surface area contributed by atoms with E-state index in [9.17, 15) is 9.59 Å². The van der Waals surface area contributed by atoms with Gasteiger partial charge in [0, 0.05) is 17.6 Å². The van der Waals surface area contributed by atoms with E-state index in [1.807, 2.05) is 0 Å². The van der Waals surface area contributed by atoms with Gasteiger partial charge in [-0.3, -0.25) is 9.59 Å². The van der Waals surface area contributed by atoms with Gasteiger partial charge in [-0.2, -0.15) is 0 Å². The Kier molecular flexibility index (Phi) is 5.05. The highest BCUT2D eigenvalue weighted by molar-refractivity contribution is 9.10. The number of amides is 2. The Labute approximate surface area is 131 Å². The van der Waals surface area contributed by atoms with Crippen molar-refractivity contribution in [1.29, 1.82) is 0 Å². The van der Waals surface area contributed by atoms with Crippen molar-refractivity contribution in [3.8, 4) is 0 Å². The van der Waals surface area contributed by atoms with Crippen LogP contribution in [0.15, 0.2) is 22.7 Å². The van der Waals surface area contributed by atoms with Crippen LogP contribution in [0.4, 0.5) is 0 Å². The molecule has 1 unspecified atom stereocenters. The minimum absolute atomic E-state index is 0.0398. The second-order valence-corrected chi connectivity index (χ2v) is 6.06. The number of nitrogens with zero attached hydrogens (tertiary/aromatic N) is 1. The van der Waals surface area contributed by atoms with Gasteiger partial charge in [-0.25, -0.2) is 0 Å². The molecule has 0 radical (unpaired) electrons. The van der Waals surface area contributed by atoms with E-state index in [-0.39, 0.29) is 11.8 Å². The topological polar surface area (TPSA) is 49.4 Å². The lowest BCUT2D eigenvalue weighted by Crippen LogP contribution is -2.46. The van der Waals surface area contributed by atoms with E-state index < -0.39 is 6.04 Å². The van der Waals surface area contributed by atoms with Crippen LogP contribution >= 0.6 is 27.5 Å². The molecule has 108 valence electrons. The summed E-state index contributed by atoms with van der Waals surface area (Å²) in [4.78, 5) is 26.1. The fraction of sp³-hybridized carbons (Fsp3) is 0.429. The summed E-state index contributed by atoms with van der Waals surface area (Å²) in [5.41, 5.74) is 0.363. The lowest BCUT2D eigenvalue weighted by atomic mass is 10.2. The van der Waals surface area contributed by atoms with Gasteiger partial charge in [0.25, 0.3) is 5.91 Å². The van der Waals surface area contributed by atoms with Crippen molar-refractivity contribution in [1.82, 2.24) is 10.2 Å². The molecule has 1 aromatic rings. The van der Waals surface area contributed by atoms with Crippen LogP contribution in [-0.4, -0.2) is 35.8 Å². The van der Waals surface area contributed by atoms with Gasteiger partial charge in [-0.15, -0.1) is 0 Å². The molecule has 1 aliphatic heterocycles. The molecule has 2 amide bonds. The number of likely N-dealkylation sites (tertiary alicyclic amines) is 1. The average Bonchev–Trinajstić information content (AvgIpc) is 2.94. The fourth-order valence-corrected chi connectivity index (χ4v) is 2.80. The molecule has 1 fully saturated rings. The van der Waals surface area contributed by atoms with Crippen molar-refractivity contribution < 1.29 is 9.59 Å². The van der Waals surface area contributed by atoms with Gasteiger partial charge in [0.2, 0.25) is 5.91 Å².